The van der Waals surface area contributed by atoms with Gasteiger partial charge >= 0.3 is 0 Å². The second-order valence-electron chi connectivity index (χ2n) is 8.67. The van der Waals surface area contributed by atoms with Gasteiger partial charge in [0, 0.05) is 47.7 Å². The Bertz CT molecular complexity index is 1260. The number of likely N-dealkylation sites (tertiary alicyclic amines) is 1. The maximum Gasteiger partial charge on any atom is 0.258 e. The Kier molecular flexibility index (Phi) is 6.54. The zero-order valence-corrected chi connectivity index (χ0v) is 21.0. The molecule has 178 valence electrons. The lowest BCUT2D eigenvalue weighted by atomic mass is 9.97. The van der Waals surface area contributed by atoms with Gasteiger partial charge in [0.1, 0.15) is 0 Å². The standard InChI is InChI=1S/C24H25BrN4O4S/c25-20-7-3-18(4-8-20)23-26-22(27-33-23)17-5-9-21(10-6-17)34(31,32)29-15-11-19(12-16-29)24(30)28-13-1-2-14-28/h3-10,19H,1-2,11-16H2. The highest BCUT2D eigenvalue weighted by Crippen LogP contribution is 2.28. The number of benzene rings is 2. The van der Waals surface area contributed by atoms with Gasteiger partial charge in [-0.3, -0.25) is 4.79 Å². The molecule has 3 heterocycles. The van der Waals surface area contributed by atoms with Crippen molar-refractivity contribution in [2.75, 3.05) is 26.2 Å². The van der Waals surface area contributed by atoms with Crippen molar-refractivity contribution in [3.63, 3.8) is 0 Å². The van der Waals surface area contributed by atoms with Crippen LogP contribution >= 0.6 is 15.9 Å². The number of hydrogen-bond acceptors (Lipinski definition) is 6. The number of piperidine rings is 1. The molecule has 8 nitrogen and oxygen atoms in total. The van der Waals surface area contributed by atoms with Gasteiger partial charge in [-0.25, -0.2) is 8.42 Å². The van der Waals surface area contributed by atoms with Crippen LogP contribution in [0.4, 0.5) is 0 Å². The van der Waals surface area contributed by atoms with Crippen LogP contribution in [0.15, 0.2) is 62.4 Å². The van der Waals surface area contributed by atoms with Gasteiger partial charge in [-0.1, -0.05) is 21.1 Å². The number of halogens is 1. The highest BCUT2D eigenvalue weighted by molar-refractivity contribution is 9.10. The summed E-state index contributed by atoms with van der Waals surface area (Å²) in [4.78, 5) is 19.2. The Labute approximate surface area is 207 Å². The van der Waals surface area contributed by atoms with E-state index in [-0.39, 0.29) is 16.7 Å². The molecule has 34 heavy (non-hydrogen) atoms. The molecular formula is C24H25BrN4O4S. The molecule has 5 rings (SSSR count). The number of carbonyl (C=O) groups is 1. The number of nitrogens with zero attached hydrogens (tertiary/aromatic N) is 4. The molecule has 0 radical (unpaired) electrons. The maximum atomic E-state index is 13.2. The van der Waals surface area contributed by atoms with E-state index in [1.165, 1.54) is 4.31 Å². The zero-order chi connectivity index (χ0) is 23.7. The quantitative estimate of drug-likeness (QED) is 0.477. The first-order valence-electron chi connectivity index (χ1n) is 11.4. The molecule has 0 bridgehead atoms. The maximum absolute atomic E-state index is 13.2. The minimum absolute atomic E-state index is 0.0786. The van der Waals surface area contributed by atoms with Gasteiger partial charge in [0.15, 0.2) is 0 Å². The highest BCUT2D eigenvalue weighted by Gasteiger charge is 2.34. The van der Waals surface area contributed by atoms with Crippen molar-refractivity contribution in [3.8, 4) is 22.8 Å². The molecule has 0 spiro atoms. The molecule has 0 N–H and O–H groups in total. The van der Waals surface area contributed by atoms with Crippen LogP contribution in [0, 0.1) is 5.92 Å². The van der Waals surface area contributed by atoms with Crippen LogP contribution in [0.5, 0.6) is 0 Å². The van der Waals surface area contributed by atoms with Crippen molar-refractivity contribution >= 4 is 31.9 Å². The van der Waals surface area contributed by atoms with Crippen molar-refractivity contribution in [2.45, 2.75) is 30.6 Å². The Morgan fingerprint density at radius 2 is 1.53 bits per heavy atom. The topological polar surface area (TPSA) is 96.6 Å². The van der Waals surface area contributed by atoms with E-state index in [1.54, 1.807) is 24.3 Å². The zero-order valence-electron chi connectivity index (χ0n) is 18.6. The smallest absolute Gasteiger partial charge is 0.258 e. The van der Waals surface area contributed by atoms with E-state index >= 15 is 0 Å². The number of carbonyl (C=O) groups excluding carboxylic acids is 1. The number of sulfonamides is 1. The Hall–Kier alpha value is -2.56. The van der Waals surface area contributed by atoms with Crippen LogP contribution < -0.4 is 0 Å². The Morgan fingerprint density at radius 1 is 0.912 bits per heavy atom. The van der Waals surface area contributed by atoms with Crippen LogP contribution in [0.25, 0.3) is 22.8 Å². The lowest BCUT2D eigenvalue weighted by Crippen LogP contribution is -2.43. The van der Waals surface area contributed by atoms with Crippen LogP contribution in [-0.2, 0) is 14.8 Å². The second kappa shape index (κ2) is 9.59. The average Bonchev–Trinajstić information content (AvgIpc) is 3.57. The van der Waals surface area contributed by atoms with Gasteiger partial charge in [-0.2, -0.15) is 9.29 Å². The first-order chi connectivity index (χ1) is 16.4. The van der Waals surface area contributed by atoms with Gasteiger partial charge < -0.3 is 9.42 Å². The fourth-order valence-electron chi connectivity index (χ4n) is 4.51. The van der Waals surface area contributed by atoms with Gasteiger partial charge in [0.05, 0.1) is 4.90 Å². The van der Waals surface area contributed by atoms with E-state index < -0.39 is 10.0 Å². The lowest BCUT2D eigenvalue weighted by Gasteiger charge is -2.32. The molecule has 3 aromatic rings. The van der Waals surface area contributed by atoms with E-state index in [9.17, 15) is 13.2 Å². The summed E-state index contributed by atoms with van der Waals surface area (Å²) in [6.45, 7) is 2.37. The van der Waals surface area contributed by atoms with Gasteiger partial charge in [0.25, 0.3) is 5.89 Å². The van der Waals surface area contributed by atoms with Crippen LogP contribution in [0.2, 0.25) is 0 Å². The van der Waals surface area contributed by atoms with Crippen molar-refractivity contribution in [3.05, 3.63) is 53.0 Å². The monoisotopic (exact) mass is 544 g/mol. The fourth-order valence-corrected chi connectivity index (χ4v) is 6.25. The summed E-state index contributed by atoms with van der Waals surface area (Å²) in [5, 5.41) is 4.03. The summed E-state index contributed by atoms with van der Waals surface area (Å²) < 4.78 is 34.1. The predicted octanol–water partition coefficient (Wildman–Crippen LogP) is 4.19. The predicted molar refractivity (Wildman–Crippen MR) is 130 cm³/mol. The molecular weight excluding hydrogens is 520 g/mol. The minimum Gasteiger partial charge on any atom is -0.342 e. The minimum atomic E-state index is -3.63. The number of amides is 1. The van der Waals surface area contributed by atoms with Gasteiger partial charge in [-0.05, 0) is 74.2 Å². The third kappa shape index (κ3) is 4.67. The van der Waals surface area contributed by atoms with E-state index in [4.69, 9.17) is 4.52 Å². The SMILES string of the molecule is O=C(C1CCN(S(=O)(=O)c2ccc(-c3noc(-c4ccc(Br)cc4)n3)cc2)CC1)N1CCCC1. The van der Waals surface area contributed by atoms with Crippen molar-refractivity contribution < 1.29 is 17.7 Å². The van der Waals surface area contributed by atoms with Gasteiger partial charge in [0.2, 0.25) is 21.8 Å². The molecule has 10 heteroatoms. The van der Waals surface area contributed by atoms with E-state index in [1.807, 2.05) is 29.2 Å². The van der Waals surface area contributed by atoms with Crippen molar-refractivity contribution in [2.24, 2.45) is 5.92 Å². The summed E-state index contributed by atoms with van der Waals surface area (Å²) in [6.07, 6.45) is 3.25. The first-order valence-corrected chi connectivity index (χ1v) is 13.6. The molecule has 2 fully saturated rings. The summed E-state index contributed by atoms with van der Waals surface area (Å²) in [5.74, 6) is 0.889. The summed E-state index contributed by atoms with van der Waals surface area (Å²) in [7, 11) is -3.63. The van der Waals surface area contributed by atoms with Crippen molar-refractivity contribution in [1.29, 1.82) is 0 Å². The van der Waals surface area contributed by atoms with Crippen LogP contribution in [0.1, 0.15) is 25.7 Å². The molecule has 0 atom stereocenters. The molecule has 1 amide bonds. The number of rotatable bonds is 5. The molecule has 0 aliphatic carbocycles. The van der Waals surface area contributed by atoms with E-state index in [2.05, 4.69) is 26.1 Å². The molecule has 0 unspecified atom stereocenters. The third-order valence-corrected chi connectivity index (χ3v) is 8.93. The Balaban J connectivity index is 1.25. The molecule has 2 aliphatic heterocycles. The Morgan fingerprint density at radius 3 is 2.18 bits per heavy atom. The summed E-state index contributed by atoms with van der Waals surface area (Å²) >= 11 is 3.40. The summed E-state index contributed by atoms with van der Waals surface area (Å²) in [5.41, 5.74) is 1.47. The molecule has 0 saturated carbocycles. The largest absolute Gasteiger partial charge is 0.342 e. The third-order valence-electron chi connectivity index (χ3n) is 6.49. The molecule has 1 aromatic heterocycles. The summed E-state index contributed by atoms with van der Waals surface area (Å²) in [6, 6.07) is 14.1. The normalized spacial score (nSPS) is 17.9. The van der Waals surface area contributed by atoms with E-state index in [0.29, 0.717) is 43.2 Å². The van der Waals surface area contributed by atoms with Crippen molar-refractivity contribution in [1.82, 2.24) is 19.3 Å². The lowest BCUT2D eigenvalue weighted by molar-refractivity contribution is -0.135. The number of aromatic nitrogens is 2. The highest BCUT2D eigenvalue weighted by atomic mass is 79.9. The van der Waals surface area contributed by atoms with Crippen LogP contribution in [-0.4, -0.2) is 59.8 Å². The second-order valence-corrected chi connectivity index (χ2v) is 11.5. The van der Waals surface area contributed by atoms with Crippen LogP contribution in [0.3, 0.4) is 0 Å². The molecule has 2 saturated heterocycles. The van der Waals surface area contributed by atoms with E-state index in [0.717, 1.165) is 36.0 Å². The first kappa shape index (κ1) is 23.2. The number of hydrogen-bond donors (Lipinski definition) is 0. The van der Waals surface area contributed by atoms with Gasteiger partial charge in [-0.15, -0.1) is 0 Å². The fraction of sp³-hybridized carbons (Fsp3) is 0.375. The molecule has 2 aromatic carbocycles. The molecule has 2 aliphatic rings. The average molecular weight is 545 g/mol.